The Labute approximate surface area is 138 Å². The van der Waals surface area contributed by atoms with Gasteiger partial charge in [-0.05, 0) is 44.2 Å². The molecule has 1 aromatic rings. The number of carbonyl (C=O) groups is 1. The van der Waals surface area contributed by atoms with Crippen molar-refractivity contribution in [3.8, 4) is 5.88 Å². The summed E-state index contributed by atoms with van der Waals surface area (Å²) in [6, 6.07) is 1.79. The molecule has 0 saturated carbocycles. The third kappa shape index (κ3) is 6.86. The van der Waals surface area contributed by atoms with Crippen LogP contribution in [0.4, 0.5) is 4.79 Å². The van der Waals surface area contributed by atoms with Gasteiger partial charge in [-0.1, -0.05) is 13.8 Å². The number of pyridine rings is 1. The first-order valence-corrected chi connectivity index (χ1v) is 7.79. The molecule has 1 atom stereocenters. The molecular formula is C17H28N2O4. The van der Waals surface area contributed by atoms with Crippen LogP contribution >= 0.6 is 0 Å². The monoisotopic (exact) mass is 324 g/mol. The number of hydrogen-bond donors (Lipinski definition) is 2. The number of amides is 1. The second-order valence-corrected chi connectivity index (χ2v) is 6.87. The van der Waals surface area contributed by atoms with Crippen molar-refractivity contribution in [3.05, 3.63) is 23.4 Å². The minimum Gasteiger partial charge on any atom is -0.481 e. The number of alkyl carbamates (subject to hydrolysis) is 1. The Morgan fingerprint density at radius 2 is 2.00 bits per heavy atom. The molecule has 23 heavy (non-hydrogen) atoms. The minimum atomic E-state index is -0.543. The largest absolute Gasteiger partial charge is 0.481 e. The lowest BCUT2D eigenvalue weighted by Gasteiger charge is -2.21. The molecule has 1 amide bonds. The highest BCUT2D eigenvalue weighted by molar-refractivity contribution is 5.67. The molecule has 0 radical (unpaired) electrons. The molecule has 0 aliphatic carbocycles. The second-order valence-electron chi connectivity index (χ2n) is 6.87. The van der Waals surface area contributed by atoms with E-state index in [-0.39, 0.29) is 12.5 Å². The zero-order valence-electron chi connectivity index (χ0n) is 14.8. The fourth-order valence-electron chi connectivity index (χ4n) is 1.91. The number of aliphatic hydroxyl groups is 1. The summed E-state index contributed by atoms with van der Waals surface area (Å²) in [6.07, 6.45) is 1.17. The van der Waals surface area contributed by atoms with Crippen LogP contribution in [-0.2, 0) is 17.7 Å². The van der Waals surface area contributed by atoms with Gasteiger partial charge in [0.1, 0.15) is 5.60 Å². The van der Waals surface area contributed by atoms with E-state index in [4.69, 9.17) is 9.47 Å². The maximum absolute atomic E-state index is 11.8. The standard InChI is InChI=1S/C17H28N2O4/c1-11(2)14(20)7-12-8-15(22-6)18-9-13(12)10-19-16(21)23-17(3,4)5/h8-9,11,14,20H,7,10H2,1-6H3,(H,19,21). The van der Waals surface area contributed by atoms with E-state index in [1.165, 1.54) is 0 Å². The molecule has 6 heteroatoms. The van der Waals surface area contributed by atoms with Gasteiger partial charge in [-0.15, -0.1) is 0 Å². The molecule has 1 unspecified atom stereocenters. The number of carbonyl (C=O) groups excluding carboxylic acids is 1. The molecule has 1 heterocycles. The molecule has 0 fully saturated rings. The summed E-state index contributed by atoms with van der Waals surface area (Å²) in [5.74, 6) is 0.623. The van der Waals surface area contributed by atoms with Gasteiger partial charge in [0.2, 0.25) is 5.88 Å². The van der Waals surface area contributed by atoms with Crippen LogP contribution in [0.25, 0.3) is 0 Å². The van der Waals surface area contributed by atoms with Gasteiger partial charge in [0.05, 0.1) is 13.2 Å². The van der Waals surface area contributed by atoms with E-state index in [0.717, 1.165) is 11.1 Å². The van der Waals surface area contributed by atoms with Gasteiger partial charge in [0.15, 0.2) is 0 Å². The number of nitrogens with zero attached hydrogens (tertiary/aromatic N) is 1. The van der Waals surface area contributed by atoms with Gasteiger partial charge in [-0.3, -0.25) is 0 Å². The predicted octanol–water partition coefficient (Wildman–Crippen LogP) is 2.67. The summed E-state index contributed by atoms with van der Waals surface area (Å²) < 4.78 is 10.4. The van der Waals surface area contributed by atoms with Crippen molar-refractivity contribution in [1.29, 1.82) is 0 Å². The third-order valence-electron chi connectivity index (χ3n) is 3.29. The maximum Gasteiger partial charge on any atom is 0.407 e. The van der Waals surface area contributed by atoms with Crippen molar-refractivity contribution in [3.63, 3.8) is 0 Å². The molecule has 0 spiro atoms. The molecule has 0 aliphatic heterocycles. The van der Waals surface area contributed by atoms with E-state index in [1.54, 1.807) is 19.4 Å². The van der Waals surface area contributed by atoms with Gasteiger partial charge in [-0.2, -0.15) is 0 Å². The summed E-state index contributed by atoms with van der Waals surface area (Å²) in [5, 5.41) is 12.8. The first kappa shape index (κ1) is 19.2. The Balaban J connectivity index is 2.82. The lowest BCUT2D eigenvalue weighted by atomic mass is 9.97. The van der Waals surface area contributed by atoms with Crippen LogP contribution in [0.1, 0.15) is 45.7 Å². The number of nitrogens with one attached hydrogen (secondary N) is 1. The molecule has 1 rings (SSSR count). The smallest absolute Gasteiger partial charge is 0.407 e. The van der Waals surface area contributed by atoms with E-state index in [1.807, 2.05) is 34.6 Å². The molecule has 1 aromatic heterocycles. The quantitative estimate of drug-likeness (QED) is 0.841. The van der Waals surface area contributed by atoms with Gasteiger partial charge in [0, 0.05) is 18.8 Å². The Hall–Kier alpha value is -1.82. The van der Waals surface area contributed by atoms with Crippen molar-refractivity contribution in [2.75, 3.05) is 7.11 Å². The lowest BCUT2D eigenvalue weighted by Crippen LogP contribution is -2.32. The van der Waals surface area contributed by atoms with Crippen LogP contribution in [0.2, 0.25) is 0 Å². The molecule has 0 aromatic carbocycles. The van der Waals surface area contributed by atoms with Gasteiger partial charge in [-0.25, -0.2) is 9.78 Å². The molecule has 0 bridgehead atoms. The van der Waals surface area contributed by atoms with Crippen LogP contribution < -0.4 is 10.1 Å². The highest BCUT2D eigenvalue weighted by atomic mass is 16.6. The summed E-state index contributed by atoms with van der Waals surface area (Å²) in [5.41, 5.74) is 1.18. The van der Waals surface area contributed by atoms with E-state index in [0.29, 0.717) is 12.3 Å². The van der Waals surface area contributed by atoms with Crippen LogP contribution in [0.5, 0.6) is 5.88 Å². The number of methoxy groups -OCH3 is 1. The fraction of sp³-hybridized carbons (Fsp3) is 0.647. The number of rotatable bonds is 6. The highest BCUT2D eigenvalue weighted by Crippen LogP contribution is 2.19. The number of aliphatic hydroxyl groups excluding tert-OH is 1. The molecular weight excluding hydrogens is 296 g/mol. The first-order valence-electron chi connectivity index (χ1n) is 7.79. The van der Waals surface area contributed by atoms with Crippen LogP contribution in [0.15, 0.2) is 12.3 Å². The van der Waals surface area contributed by atoms with Gasteiger partial charge in [0.25, 0.3) is 0 Å². The maximum atomic E-state index is 11.8. The summed E-state index contributed by atoms with van der Waals surface area (Å²) in [7, 11) is 1.55. The molecule has 2 N–H and O–H groups in total. The Morgan fingerprint density at radius 3 is 2.52 bits per heavy atom. The summed E-state index contributed by atoms with van der Waals surface area (Å²) in [4.78, 5) is 15.9. The van der Waals surface area contributed by atoms with Crippen molar-refractivity contribution in [2.45, 2.75) is 59.3 Å². The Kier molecular flexibility index (Phi) is 6.81. The molecule has 0 aliphatic rings. The third-order valence-corrected chi connectivity index (χ3v) is 3.29. The van der Waals surface area contributed by atoms with Gasteiger partial charge < -0.3 is 19.9 Å². The number of ether oxygens (including phenoxy) is 2. The normalized spacial score (nSPS) is 12.9. The topological polar surface area (TPSA) is 80.7 Å². The highest BCUT2D eigenvalue weighted by Gasteiger charge is 2.18. The zero-order valence-corrected chi connectivity index (χ0v) is 14.8. The number of hydrogen-bond acceptors (Lipinski definition) is 5. The fourth-order valence-corrected chi connectivity index (χ4v) is 1.91. The van der Waals surface area contributed by atoms with Crippen molar-refractivity contribution in [1.82, 2.24) is 10.3 Å². The lowest BCUT2D eigenvalue weighted by molar-refractivity contribution is 0.0523. The summed E-state index contributed by atoms with van der Waals surface area (Å²) >= 11 is 0. The van der Waals surface area contributed by atoms with Crippen molar-refractivity contribution < 1.29 is 19.4 Å². The van der Waals surface area contributed by atoms with Crippen LogP contribution in [-0.4, -0.2) is 35.0 Å². The SMILES string of the molecule is COc1cc(CC(O)C(C)C)c(CNC(=O)OC(C)(C)C)cn1. The molecule has 6 nitrogen and oxygen atoms in total. The molecule has 0 saturated heterocycles. The average molecular weight is 324 g/mol. The average Bonchev–Trinajstić information content (AvgIpc) is 2.43. The zero-order chi connectivity index (χ0) is 17.6. The van der Waals surface area contributed by atoms with Crippen LogP contribution in [0.3, 0.4) is 0 Å². The minimum absolute atomic E-state index is 0.140. The van der Waals surface area contributed by atoms with E-state index < -0.39 is 17.8 Å². The van der Waals surface area contributed by atoms with Crippen LogP contribution in [0, 0.1) is 5.92 Å². The Bertz CT molecular complexity index is 524. The molecule has 130 valence electrons. The Morgan fingerprint density at radius 1 is 1.35 bits per heavy atom. The van der Waals surface area contributed by atoms with E-state index in [2.05, 4.69) is 10.3 Å². The predicted molar refractivity (Wildman–Crippen MR) is 88.4 cm³/mol. The van der Waals surface area contributed by atoms with E-state index >= 15 is 0 Å². The first-order chi connectivity index (χ1) is 10.6. The number of aromatic nitrogens is 1. The van der Waals surface area contributed by atoms with E-state index in [9.17, 15) is 9.90 Å². The summed E-state index contributed by atoms with van der Waals surface area (Å²) in [6.45, 7) is 9.64. The second kappa shape index (κ2) is 8.15. The van der Waals surface area contributed by atoms with Gasteiger partial charge >= 0.3 is 6.09 Å². The van der Waals surface area contributed by atoms with Crippen molar-refractivity contribution in [2.24, 2.45) is 5.92 Å². The van der Waals surface area contributed by atoms with Crippen molar-refractivity contribution >= 4 is 6.09 Å².